The summed E-state index contributed by atoms with van der Waals surface area (Å²) in [7, 11) is 0. The van der Waals surface area contributed by atoms with Gasteiger partial charge < -0.3 is 15.4 Å². The monoisotopic (exact) mass is 390 g/mol. The molecule has 28 heavy (non-hydrogen) atoms. The van der Waals surface area contributed by atoms with E-state index in [1.54, 1.807) is 0 Å². The van der Waals surface area contributed by atoms with Crippen LogP contribution in [0.5, 0.6) is 0 Å². The van der Waals surface area contributed by atoms with Crippen LogP contribution in [0.2, 0.25) is 0 Å². The molecular weight excluding hydrogens is 356 g/mol. The van der Waals surface area contributed by atoms with Crippen LogP contribution < -0.4 is 10.6 Å². The Bertz CT molecular complexity index is 589. The lowest BCUT2D eigenvalue weighted by Gasteiger charge is -2.55. The third-order valence-electron chi connectivity index (χ3n) is 7.66. The van der Waals surface area contributed by atoms with E-state index >= 15 is 0 Å². The van der Waals surface area contributed by atoms with Crippen molar-refractivity contribution in [2.75, 3.05) is 13.2 Å². The minimum atomic E-state index is -0.537. The molecule has 0 spiro atoms. The van der Waals surface area contributed by atoms with Crippen molar-refractivity contribution in [1.29, 1.82) is 0 Å². The minimum Gasteiger partial charge on any atom is -0.454 e. The van der Waals surface area contributed by atoms with Crippen LogP contribution in [0.4, 0.5) is 0 Å². The fourth-order valence-electron chi connectivity index (χ4n) is 6.60. The first-order chi connectivity index (χ1) is 13.4. The highest BCUT2D eigenvalue weighted by Gasteiger charge is 2.54. The van der Waals surface area contributed by atoms with Gasteiger partial charge in [-0.2, -0.15) is 0 Å². The van der Waals surface area contributed by atoms with E-state index in [1.165, 1.54) is 19.3 Å². The first kappa shape index (κ1) is 19.7. The molecule has 156 valence electrons. The maximum atomic E-state index is 12.8. The third-order valence-corrected chi connectivity index (χ3v) is 7.66. The normalized spacial score (nSPS) is 38.7. The van der Waals surface area contributed by atoms with Gasteiger partial charge in [0.2, 0.25) is 5.91 Å². The molecule has 5 fully saturated rings. The molecule has 0 radical (unpaired) electrons. The molecule has 6 heteroatoms. The topological polar surface area (TPSA) is 84.5 Å². The Morgan fingerprint density at radius 1 is 0.929 bits per heavy atom. The molecule has 2 amide bonds. The summed E-state index contributed by atoms with van der Waals surface area (Å²) in [5.74, 6) is 2.03. The number of esters is 1. The lowest BCUT2D eigenvalue weighted by molar-refractivity contribution is -0.152. The quantitative estimate of drug-likeness (QED) is 0.683. The average molecular weight is 391 g/mol. The summed E-state index contributed by atoms with van der Waals surface area (Å²) < 4.78 is 5.07. The third kappa shape index (κ3) is 4.36. The summed E-state index contributed by atoms with van der Waals surface area (Å²) in [6, 6.07) is 0.193. The number of rotatable bonds is 6. The molecule has 0 aromatic rings. The highest BCUT2D eigenvalue weighted by Crippen LogP contribution is 2.60. The molecule has 0 aromatic heterocycles. The van der Waals surface area contributed by atoms with Gasteiger partial charge in [0.25, 0.3) is 5.91 Å². The minimum absolute atomic E-state index is 0.0179. The van der Waals surface area contributed by atoms with Crippen molar-refractivity contribution in [3.8, 4) is 0 Å². The van der Waals surface area contributed by atoms with E-state index in [9.17, 15) is 14.4 Å². The fraction of sp³-hybridized carbons (Fsp3) is 0.864. The standard InChI is InChI=1S/C22H34N2O4/c1-14-2-4-18(5-3-14)24-19(25)13-28-20(26)12-23-21(27)22-9-15-6-16(10-22)8-17(7-15)11-22/h14-18H,2-13H2,1H3,(H,23,27)(H,24,25). The highest BCUT2D eigenvalue weighted by molar-refractivity contribution is 5.87. The number of hydrogen-bond acceptors (Lipinski definition) is 4. The zero-order chi connectivity index (χ0) is 19.7. The fourth-order valence-corrected chi connectivity index (χ4v) is 6.60. The Labute approximate surface area is 167 Å². The van der Waals surface area contributed by atoms with Crippen LogP contribution in [0, 0.1) is 29.1 Å². The number of nitrogens with one attached hydrogen (secondary N) is 2. The second-order valence-corrected chi connectivity index (χ2v) is 10.1. The van der Waals surface area contributed by atoms with Crippen LogP contribution in [0.3, 0.4) is 0 Å². The molecule has 5 rings (SSSR count). The van der Waals surface area contributed by atoms with E-state index in [2.05, 4.69) is 17.6 Å². The van der Waals surface area contributed by atoms with Gasteiger partial charge in [-0.3, -0.25) is 14.4 Å². The molecular formula is C22H34N2O4. The second-order valence-electron chi connectivity index (χ2n) is 10.1. The van der Waals surface area contributed by atoms with Gasteiger partial charge in [-0.15, -0.1) is 0 Å². The van der Waals surface area contributed by atoms with Crippen LogP contribution >= 0.6 is 0 Å². The van der Waals surface area contributed by atoms with E-state index in [-0.39, 0.29) is 36.4 Å². The number of carbonyl (C=O) groups is 3. The Hall–Kier alpha value is -1.59. The van der Waals surface area contributed by atoms with Gasteiger partial charge in [0.1, 0.15) is 6.54 Å². The van der Waals surface area contributed by atoms with Crippen molar-refractivity contribution < 1.29 is 19.1 Å². The lowest BCUT2D eigenvalue weighted by atomic mass is 9.49. The molecule has 5 saturated carbocycles. The largest absolute Gasteiger partial charge is 0.454 e. The van der Waals surface area contributed by atoms with E-state index < -0.39 is 5.97 Å². The maximum Gasteiger partial charge on any atom is 0.325 e. The predicted octanol–water partition coefficient (Wildman–Crippen LogP) is 2.56. The van der Waals surface area contributed by atoms with Crippen molar-refractivity contribution in [2.24, 2.45) is 29.1 Å². The number of ether oxygens (including phenoxy) is 1. The summed E-state index contributed by atoms with van der Waals surface area (Å²) in [6.45, 7) is 1.82. The van der Waals surface area contributed by atoms with Crippen LogP contribution in [0.25, 0.3) is 0 Å². The molecule has 0 atom stereocenters. The highest BCUT2D eigenvalue weighted by atomic mass is 16.5. The number of hydrogen-bond donors (Lipinski definition) is 2. The van der Waals surface area contributed by atoms with Crippen LogP contribution in [0.1, 0.15) is 71.1 Å². The lowest BCUT2D eigenvalue weighted by Crippen LogP contribution is -2.54. The second kappa shape index (κ2) is 8.03. The molecule has 5 aliphatic rings. The summed E-state index contributed by atoms with van der Waals surface area (Å²) in [5.41, 5.74) is -0.259. The zero-order valence-electron chi connectivity index (χ0n) is 17.0. The first-order valence-corrected chi connectivity index (χ1v) is 11.1. The molecule has 5 aliphatic carbocycles. The summed E-state index contributed by atoms with van der Waals surface area (Å²) in [5, 5.41) is 5.75. The van der Waals surface area contributed by atoms with Crippen molar-refractivity contribution in [3.05, 3.63) is 0 Å². The smallest absolute Gasteiger partial charge is 0.325 e. The number of carbonyl (C=O) groups excluding carboxylic acids is 3. The van der Waals surface area contributed by atoms with E-state index in [1.807, 2.05) is 0 Å². The molecule has 6 nitrogen and oxygen atoms in total. The molecule has 0 saturated heterocycles. The van der Waals surface area contributed by atoms with Crippen molar-refractivity contribution in [1.82, 2.24) is 10.6 Å². The zero-order valence-corrected chi connectivity index (χ0v) is 17.0. The van der Waals surface area contributed by atoms with E-state index in [0.29, 0.717) is 17.8 Å². The van der Waals surface area contributed by atoms with E-state index in [0.717, 1.165) is 50.9 Å². The van der Waals surface area contributed by atoms with Crippen molar-refractivity contribution in [3.63, 3.8) is 0 Å². The summed E-state index contributed by atoms with van der Waals surface area (Å²) >= 11 is 0. The summed E-state index contributed by atoms with van der Waals surface area (Å²) in [6.07, 6.45) is 11.0. The van der Waals surface area contributed by atoms with Crippen LogP contribution in [-0.4, -0.2) is 37.0 Å². The number of amides is 2. The van der Waals surface area contributed by atoms with Gasteiger partial charge in [-0.05, 0) is 87.9 Å². The first-order valence-electron chi connectivity index (χ1n) is 11.1. The Morgan fingerprint density at radius 3 is 2.07 bits per heavy atom. The average Bonchev–Trinajstić information content (AvgIpc) is 2.65. The molecule has 0 unspecified atom stereocenters. The molecule has 4 bridgehead atoms. The van der Waals surface area contributed by atoms with Gasteiger partial charge in [-0.1, -0.05) is 6.92 Å². The van der Waals surface area contributed by atoms with Crippen molar-refractivity contribution in [2.45, 2.75) is 77.2 Å². The molecule has 0 aromatic carbocycles. The van der Waals surface area contributed by atoms with Crippen LogP contribution in [-0.2, 0) is 19.1 Å². The summed E-state index contributed by atoms with van der Waals surface area (Å²) in [4.78, 5) is 36.8. The molecule has 2 N–H and O–H groups in total. The molecule has 0 aliphatic heterocycles. The van der Waals surface area contributed by atoms with Gasteiger partial charge in [0.05, 0.1) is 0 Å². The SMILES string of the molecule is CC1CCC(NC(=O)COC(=O)CNC(=O)C23CC4CC(CC(C4)C2)C3)CC1. The van der Waals surface area contributed by atoms with Gasteiger partial charge in [0.15, 0.2) is 6.61 Å². The molecule has 0 heterocycles. The van der Waals surface area contributed by atoms with E-state index in [4.69, 9.17) is 4.74 Å². The Kier molecular flexibility index (Phi) is 5.66. The van der Waals surface area contributed by atoms with Crippen molar-refractivity contribution >= 4 is 17.8 Å². The van der Waals surface area contributed by atoms with Gasteiger partial charge in [0, 0.05) is 11.5 Å². The Morgan fingerprint density at radius 2 is 1.50 bits per heavy atom. The van der Waals surface area contributed by atoms with Gasteiger partial charge >= 0.3 is 5.97 Å². The van der Waals surface area contributed by atoms with Crippen LogP contribution in [0.15, 0.2) is 0 Å². The maximum absolute atomic E-state index is 12.8. The Balaban J connectivity index is 1.17. The van der Waals surface area contributed by atoms with Gasteiger partial charge in [-0.25, -0.2) is 0 Å². The predicted molar refractivity (Wildman–Crippen MR) is 104 cm³/mol.